The second kappa shape index (κ2) is 6.94. The third-order valence-corrected chi connectivity index (χ3v) is 4.46. The van der Waals surface area contributed by atoms with E-state index in [9.17, 15) is 14.9 Å². The number of non-ortho nitro benzene ring substituents is 1. The highest BCUT2D eigenvalue weighted by Crippen LogP contribution is 2.26. The molecule has 2 heterocycles. The number of likely N-dealkylation sites (tertiary alicyclic amines) is 1. The van der Waals surface area contributed by atoms with Crippen LogP contribution in [0.4, 0.5) is 11.5 Å². The average Bonchev–Trinajstić information content (AvgIpc) is 2.95. The lowest BCUT2D eigenvalue weighted by molar-refractivity contribution is -0.384. The molecule has 1 N–H and O–H groups in total. The monoisotopic (exact) mass is 369 g/mol. The van der Waals surface area contributed by atoms with Crippen LogP contribution in [0.25, 0.3) is 11.4 Å². The first-order valence-corrected chi connectivity index (χ1v) is 8.81. The summed E-state index contributed by atoms with van der Waals surface area (Å²) in [6, 6.07) is 8.02. The summed E-state index contributed by atoms with van der Waals surface area (Å²) < 4.78 is 0. The first-order valence-electron chi connectivity index (χ1n) is 8.81. The van der Waals surface area contributed by atoms with Gasteiger partial charge in [-0.2, -0.15) is 0 Å². The number of amides is 1. The third kappa shape index (κ3) is 4.21. The van der Waals surface area contributed by atoms with Crippen LogP contribution in [0.3, 0.4) is 0 Å². The Balaban J connectivity index is 1.84. The molecular weight excluding hydrogens is 346 g/mol. The largest absolute Gasteiger partial charge is 0.365 e. The molecule has 3 rings (SSSR count). The zero-order valence-corrected chi connectivity index (χ0v) is 15.9. The molecule has 8 nitrogen and oxygen atoms in total. The number of benzene rings is 1. The lowest BCUT2D eigenvalue weighted by Crippen LogP contribution is -2.43. The van der Waals surface area contributed by atoms with Gasteiger partial charge in [0.1, 0.15) is 5.82 Å². The van der Waals surface area contributed by atoms with Crippen molar-refractivity contribution in [1.82, 2.24) is 14.9 Å². The van der Waals surface area contributed by atoms with Gasteiger partial charge in [-0.25, -0.2) is 9.97 Å². The van der Waals surface area contributed by atoms with Crippen LogP contribution in [0.5, 0.6) is 0 Å². The van der Waals surface area contributed by atoms with Crippen molar-refractivity contribution in [3.8, 4) is 11.4 Å². The number of hydrogen-bond donors (Lipinski definition) is 1. The van der Waals surface area contributed by atoms with Crippen LogP contribution >= 0.6 is 0 Å². The van der Waals surface area contributed by atoms with E-state index in [1.807, 2.05) is 38.7 Å². The molecule has 1 aromatic carbocycles. The number of hydrogen-bond acceptors (Lipinski definition) is 6. The van der Waals surface area contributed by atoms with Crippen molar-refractivity contribution < 1.29 is 9.72 Å². The van der Waals surface area contributed by atoms with Crippen molar-refractivity contribution in [3.05, 3.63) is 46.1 Å². The van der Waals surface area contributed by atoms with Crippen molar-refractivity contribution >= 4 is 17.4 Å². The van der Waals surface area contributed by atoms with Crippen molar-refractivity contribution in [1.29, 1.82) is 0 Å². The molecule has 0 radical (unpaired) electrons. The SMILES string of the molecule is Cc1cc(NC2CC(=O)N(C(C)(C)C)C2)nc(-c2cccc([N+](=O)[O-])c2)n1. The zero-order valence-electron chi connectivity index (χ0n) is 15.9. The zero-order chi connectivity index (χ0) is 19.8. The Hall–Kier alpha value is -3.03. The molecule has 1 saturated heterocycles. The molecule has 1 unspecified atom stereocenters. The fraction of sp³-hybridized carbons (Fsp3) is 0.421. The van der Waals surface area contributed by atoms with Gasteiger partial charge >= 0.3 is 0 Å². The van der Waals surface area contributed by atoms with Gasteiger partial charge in [0.2, 0.25) is 5.91 Å². The number of nitrogens with one attached hydrogen (secondary N) is 1. The predicted molar refractivity (Wildman–Crippen MR) is 102 cm³/mol. The fourth-order valence-electron chi connectivity index (χ4n) is 3.19. The molecule has 0 aliphatic carbocycles. The second-order valence-electron chi connectivity index (χ2n) is 7.75. The molecule has 27 heavy (non-hydrogen) atoms. The van der Waals surface area contributed by atoms with E-state index in [2.05, 4.69) is 15.3 Å². The van der Waals surface area contributed by atoms with Gasteiger partial charge < -0.3 is 10.2 Å². The molecule has 1 fully saturated rings. The van der Waals surface area contributed by atoms with Crippen LogP contribution in [0.1, 0.15) is 32.9 Å². The Morgan fingerprint density at radius 2 is 2.00 bits per heavy atom. The minimum Gasteiger partial charge on any atom is -0.365 e. The number of carbonyl (C=O) groups is 1. The molecule has 1 aliphatic heterocycles. The van der Waals surface area contributed by atoms with E-state index < -0.39 is 4.92 Å². The Labute approximate surface area is 157 Å². The van der Waals surface area contributed by atoms with E-state index in [1.165, 1.54) is 12.1 Å². The minimum atomic E-state index is -0.441. The van der Waals surface area contributed by atoms with Gasteiger partial charge in [-0.1, -0.05) is 12.1 Å². The molecular formula is C19H23N5O3. The topological polar surface area (TPSA) is 101 Å². The van der Waals surface area contributed by atoms with Crippen LogP contribution in [0, 0.1) is 17.0 Å². The predicted octanol–water partition coefficient (Wildman–Crippen LogP) is 3.17. The molecule has 0 bridgehead atoms. The average molecular weight is 369 g/mol. The smallest absolute Gasteiger partial charge is 0.270 e. The number of nitro benzene ring substituents is 1. The van der Waals surface area contributed by atoms with Gasteiger partial charge in [0.25, 0.3) is 5.69 Å². The first kappa shape index (κ1) is 18.8. The number of anilines is 1. The van der Waals surface area contributed by atoms with E-state index in [0.29, 0.717) is 30.2 Å². The summed E-state index contributed by atoms with van der Waals surface area (Å²) >= 11 is 0. The summed E-state index contributed by atoms with van der Waals surface area (Å²) in [5, 5.41) is 14.3. The van der Waals surface area contributed by atoms with E-state index in [-0.39, 0.29) is 23.2 Å². The van der Waals surface area contributed by atoms with Crippen molar-refractivity contribution in [2.24, 2.45) is 0 Å². The van der Waals surface area contributed by atoms with E-state index in [1.54, 1.807) is 12.1 Å². The van der Waals surface area contributed by atoms with Gasteiger partial charge in [-0.3, -0.25) is 14.9 Å². The second-order valence-corrected chi connectivity index (χ2v) is 7.75. The summed E-state index contributed by atoms with van der Waals surface area (Å²) in [6.45, 7) is 8.50. The van der Waals surface area contributed by atoms with E-state index in [0.717, 1.165) is 5.69 Å². The molecule has 0 spiro atoms. The highest BCUT2D eigenvalue weighted by Gasteiger charge is 2.36. The quantitative estimate of drug-likeness (QED) is 0.656. The van der Waals surface area contributed by atoms with Crippen LogP contribution in [0.2, 0.25) is 0 Å². The van der Waals surface area contributed by atoms with E-state index in [4.69, 9.17) is 0 Å². The molecule has 8 heteroatoms. The highest BCUT2D eigenvalue weighted by atomic mass is 16.6. The molecule has 142 valence electrons. The van der Waals surface area contributed by atoms with Gasteiger partial charge in [0.05, 0.1) is 11.0 Å². The molecule has 1 amide bonds. The number of nitrogens with zero attached hydrogens (tertiary/aromatic N) is 4. The summed E-state index contributed by atoms with van der Waals surface area (Å²) in [4.78, 5) is 33.6. The maximum absolute atomic E-state index is 12.3. The van der Waals surface area contributed by atoms with Crippen LogP contribution in [-0.4, -0.2) is 43.8 Å². The maximum atomic E-state index is 12.3. The lowest BCUT2D eigenvalue weighted by atomic mass is 10.1. The molecule has 1 aromatic heterocycles. The number of aromatic nitrogens is 2. The fourth-order valence-corrected chi connectivity index (χ4v) is 3.19. The standard InChI is InChI=1S/C19H23N5O3/c1-12-8-16(21-14-10-17(25)23(11-14)19(2,3)4)22-18(20-12)13-6-5-7-15(9-13)24(26)27/h5-9,14H,10-11H2,1-4H3,(H,20,21,22). The van der Waals surface area contributed by atoms with Crippen molar-refractivity contribution in [3.63, 3.8) is 0 Å². The van der Waals surface area contributed by atoms with Gasteiger partial charge in [-0.15, -0.1) is 0 Å². The molecule has 1 atom stereocenters. The number of rotatable bonds is 4. The number of nitro groups is 1. The van der Waals surface area contributed by atoms with Crippen molar-refractivity contribution in [2.45, 2.75) is 45.7 Å². The van der Waals surface area contributed by atoms with Crippen LogP contribution < -0.4 is 5.32 Å². The Kier molecular flexibility index (Phi) is 4.82. The summed E-state index contributed by atoms with van der Waals surface area (Å²) in [5.74, 6) is 1.14. The highest BCUT2D eigenvalue weighted by molar-refractivity contribution is 5.80. The Morgan fingerprint density at radius 1 is 1.26 bits per heavy atom. The third-order valence-electron chi connectivity index (χ3n) is 4.46. The molecule has 0 saturated carbocycles. The van der Waals surface area contributed by atoms with Crippen LogP contribution in [-0.2, 0) is 4.79 Å². The van der Waals surface area contributed by atoms with Crippen LogP contribution in [0.15, 0.2) is 30.3 Å². The first-order chi connectivity index (χ1) is 12.6. The molecule has 2 aromatic rings. The normalized spacial score (nSPS) is 17.3. The summed E-state index contributed by atoms with van der Waals surface area (Å²) in [5.41, 5.74) is 1.10. The maximum Gasteiger partial charge on any atom is 0.270 e. The summed E-state index contributed by atoms with van der Waals surface area (Å²) in [7, 11) is 0. The summed E-state index contributed by atoms with van der Waals surface area (Å²) in [6.07, 6.45) is 0.409. The van der Waals surface area contributed by atoms with Gasteiger partial charge in [0.15, 0.2) is 5.82 Å². The van der Waals surface area contributed by atoms with E-state index >= 15 is 0 Å². The van der Waals surface area contributed by atoms with Crippen molar-refractivity contribution in [2.75, 3.05) is 11.9 Å². The minimum absolute atomic E-state index is 0.00526. The lowest BCUT2D eigenvalue weighted by Gasteiger charge is -2.32. The Bertz CT molecular complexity index is 891. The van der Waals surface area contributed by atoms with Gasteiger partial charge in [-0.05, 0) is 27.7 Å². The molecule has 1 aliphatic rings. The number of carbonyl (C=O) groups excluding carboxylic acids is 1. The number of aryl methyl sites for hydroxylation is 1. The Morgan fingerprint density at radius 3 is 2.63 bits per heavy atom. The van der Waals surface area contributed by atoms with Gasteiger partial charge in [0, 0.05) is 48.0 Å².